The first kappa shape index (κ1) is 23.1. The van der Waals surface area contributed by atoms with Crippen molar-refractivity contribution in [3.63, 3.8) is 0 Å². The highest BCUT2D eigenvalue weighted by Crippen LogP contribution is 2.15. The molecule has 1 amide bonds. The summed E-state index contributed by atoms with van der Waals surface area (Å²) in [7, 11) is 3.88. The van der Waals surface area contributed by atoms with Crippen LogP contribution in [0.25, 0.3) is 0 Å². The van der Waals surface area contributed by atoms with Gasteiger partial charge in [-0.15, -0.1) is 24.0 Å². The van der Waals surface area contributed by atoms with Crippen LogP contribution in [0.3, 0.4) is 0 Å². The summed E-state index contributed by atoms with van der Waals surface area (Å²) in [4.78, 5) is 24.9. The van der Waals surface area contributed by atoms with Gasteiger partial charge in [-0.1, -0.05) is 24.3 Å². The van der Waals surface area contributed by atoms with Crippen molar-refractivity contribution in [3.05, 3.63) is 47.5 Å². The number of aryl methyl sites for hydroxylation is 1. The van der Waals surface area contributed by atoms with E-state index >= 15 is 0 Å². The first-order valence-corrected chi connectivity index (χ1v) is 9.74. The Kier molecular flexibility index (Phi) is 8.87. The molecule has 1 aliphatic rings. The minimum absolute atomic E-state index is 0. The van der Waals surface area contributed by atoms with Crippen LogP contribution in [0.15, 0.2) is 35.6 Å². The van der Waals surface area contributed by atoms with Crippen molar-refractivity contribution in [2.75, 3.05) is 20.1 Å². The number of amides is 1. The molecule has 0 saturated carbocycles. The van der Waals surface area contributed by atoms with Crippen LogP contribution in [-0.4, -0.2) is 56.6 Å². The van der Waals surface area contributed by atoms with Crippen LogP contribution in [-0.2, 0) is 31.5 Å². The number of halogens is 1. The molecule has 3 rings (SSSR count). The van der Waals surface area contributed by atoms with Crippen LogP contribution >= 0.6 is 24.0 Å². The number of carbonyl (C=O) groups is 1. The van der Waals surface area contributed by atoms with Crippen LogP contribution in [0.5, 0.6) is 0 Å². The van der Waals surface area contributed by atoms with Gasteiger partial charge in [-0.3, -0.25) is 9.48 Å². The van der Waals surface area contributed by atoms with Crippen molar-refractivity contribution in [2.24, 2.45) is 12.0 Å². The molecular weight excluding hydrogens is 481 g/mol. The number of guanidine groups is 1. The average Bonchev–Trinajstić information content (AvgIpc) is 3.27. The fourth-order valence-corrected chi connectivity index (χ4v) is 3.30. The van der Waals surface area contributed by atoms with E-state index in [0.717, 1.165) is 42.4 Å². The Morgan fingerprint density at radius 2 is 2.14 bits per heavy atom. The van der Waals surface area contributed by atoms with Gasteiger partial charge in [-0.2, -0.15) is 5.10 Å². The summed E-state index contributed by atoms with van der Waals surface area (Å²) in [6.45, 7) is 5.59. The topological polar surface area (TPSA) is 78.7 Å². The normalized spacial score (nSPS) is 14.1. The maximum absolute atomic E-state index is 11.9. The monoisotopic (exact) mass is 511 g/mol. The number of rotatable bonds is 7. The molecule has 1 aromatic heterocycles. The molecule has 0 unspecified atom stereocenters. The van der Waals surface area contributed by atoms with Crippen LogP contribution in [0.4, 0.5) is 0 Å². The zero-order chi connectivity index (χ0) is 19.9. The quantitative estimate of drug-likeness (QED) is 0.350. The van der Waals surface area contributed by atoms with Gasteiger partial charge in [0.2, 0.25) is 5.91 Å². The number of nitrogens with zero attached hydrogens (tertiary/aromatic N) is 6. The fourth-order valence-electron chi connectivity index (χ4n) is 3.30. The highest BCUT2D eigenvalue weighted by Gasteiger charge is 2.19. The van der Waals surface area contributed by atoms with E-state index in [4.69, 9.17) is 4.99 Å². The Morgan fingerprint density at radius 3 is 2.79 bits per heavy atom. The van der Waals surface area contributed by atoms with Crippen LogP contribution in [0, 0.1) is 0 Å². The zero-order valence-electron chi connectivity index (χ0n) is 17.3. The van der Waals surface area contributed by atoms with Crippen molar-refractivity contribution in [1.29, 1.82) is 0 Å². The van der Waals surface area contributed by atoms with Gasteiger partial charge >= 0.3 is 0 Å². The van der Waals surface area contributed by atoms with E-state index in [-0.39, 0.29) is 29.9 Å². The van der Waals surface area contributed by atoms with Gasteiger partial charge in [-0.05, 0) is 24.5 Å². The minimum atomic E-state index is 0. The van der Waals surface area contributed by atoms with Gasteiger partial charge in [0.05, 0.1) is 13.1 Å². The van der Waals surface area contributed by atoms with Gasteiger partial charge in [-0.25, -0.2) is 9.98 Å². The Balaban J connectivity index is 0.00000300. The number of aromatic nitrogens is 3. The van der Waals surface area contributed by atoms with Crippen molar-refractivity contribution in [2.45, 2.75) is 39.4 Å². The largest absolute Gasteiger partial charge is 0.357 e. The lowest BCUT2D eigenvalue weighted by Gasteiger charge is -2.21. The van der Waals surface area contributed by atoms with E-state index in [1.165, 1.54) is 0 Å². The summed E-state index contributed by atoms with van der Waals surface area (Å²) in [6.07, 6.45) is 3.20. The molecule has 0 bridgehead atoms. The van der Waals surface area contributed by atoms with Gasteiger partial charge in [0, 0.05) is 40.2 Å². The SMILES string of the molecule is CCNC(=NCc1cccc(CN2CCCC2=O)c1)N(C)Cc1ncnn1C.I. The number of benzene rings is 1. The van der Waals surface area contributed by atoms with E-state index in [2.05, 4.69) is 40.5 Å². The van der Waals surface area contributed by atoms with Gasteiger partial charge in [0.1, 0.15) is 12.2 Å². The third-order valence-corrected chi connectivity index (χ3v) is 4.83. The predicted molar refractivity (Wildman–Crippen MR) is 124 cm³/mol. The summed E-state index contributed by atoms with van der Waals surface area (Å²) in [6, 6.07) is 8.33. The summed E-state index contributed by atoms with van der Waals surface area (Å²) in [5.74, 6) is 1.96. The van der Waals surface area contributed by atoms with Crippen LogP contribution in [0.2, 0.25) is 0 Å². The highest BCUT2D eigenvalue weighted by molar-refractivity contribution is 14.0. The van der Waals surface area contributed by atoms with Crippen LogP contribution in [0.1, 0.15) is 36.7 Å². The molecule has 1 aromatic carbocycles. The van der Waals surface area contributed by atoms with E-state index < -0.39 is 0 Å². The second-order valence-corrected chi connectivity index (χ2v) is 7.06. The molecule has 0 aliphatic carbocycles. The number of aliphatic imine (C=N–C) groups is 1. The van der Waals surface area contributed by atoms with Gasteiger partial charge in [0.15, 0.2) is 5.96 Å². The lowest BCUT2D eigenvalue weighted by molar-refractivity contribution is -0.128. The molecular formula is C20H30IN7O. The smallest absolute Gasteiger partial charge is 0.222 e. The first-order valence-electron chi connectivity index (χ1n) is 9.74. The highest BCUT2D eigenvalue weighted by atomic mass is 127. The van der Waals surface area contributed by atoms with E-state index in [0.29, 0.717) is 26.1 Å². The van der Waals surface area contributed by atoms with Gasteiger partial charge < -0.3 is 15.1 Å². The second kappa shape index (κ2) is 11.1. The third kappa shape index (κ3) is 6.41. The number of nitrogens with one attached hydrogen (secondary N) is 1. The number of hydrogen-bond donors (Lipinski definition) is 1. The van der Waals surface area contributed by atoms with Crippen LogP contribution < -0.4 is 5.32 Å². The molecule has 1 N–H and O–H groups in total. The summed E-state index contributed by atoms with van der Waals surface area (Å²) >= 11 is 0. The standard InChI is InChI=1S/C20H29N7O.HI/c1-4-21-20(25(2)14-18-23-15-24-26(18)3)22-12-16-7-5-8-17(11-16)13-27-10-6-9-19(27)28;/h5,7-8,11,15H,4,6,9-10,12-14H2,1-3H3,(H,21,22);1H. The molecule has 1 saturated heterocycles. The number of hydrogen-bond acceptors (Lipinski definition) is 4. The third-order valence-electron chi connectivity index (χ3n) is 4.83. The second-order valence-electron chi connectivity index (χ2n) is 7.06. The van der Waals surface area contributed by atoms with Crippen molar-refractivity contribution >= 4 is 35.8 Å². The first-order chi connectivity index (χ1) is 13.6. The maximum atomic E-state index is 11.9. The predicted octanol–water partition coefficient (Wildman–Crippen LogP) is 2.15. The Morgan fingerprint density at radius 1 is 1.34 bits per heavy atom. The van der Waals surface area contributed by atoms with Crippen molar-refractivity contribution in [1.82, 2.24) is 29.9 Å². The number of carbonyl (C=O) groups excluding carboxylic acids is 1. The van der Waals surface area contributed by atoms with E-state index in [1.54, 1.807) is 11.0 Å². The van der Waals surface area contributed by atoms with Crippen molar-refractivity contribution < 1.29 is 4.79 Å². The molecule has 0 atom stereocenters. The van der Waals surface area contributed by atoms with E-state index in [9.17, 15) is 4.79 Å². The summed E-state index contributed by atoms with van der Waals surface area (Å²) in [5, 5.41) is 7.45. The molecule has 0 radical (unpaired) electrons. The molecule has 0 spiro atoms. The average molecular weight is 511 g/mol. The maximum Gasteiger partial charge on any atom is 0.222 e. The molecule has 158 valence electrons. The summed E-state index contributed by atoms with van der Waals surface area (Å²) < 4.78 is 1.77. The Labute approximate surface area is 189 Å². The zero-order valence-corrected chi connectivity index (χ0v) is 19.7. The van der Waals surface area contributed by atoms with Gasteiger partial charge in [0.25, 0.3) is 0 Å². The van der Waals surface area contributed by atoms with E-state index in [1.807, 2.05) is 30.0 Å². The molecule has 9 heteroatoms. The Hall–Kier alpha value is -2.17. The lowest BCUT2D eigenvalue weighted by atomic mass is 10.1. The van der Waals surface area contributed by atoms with Crippen molar-refractivity contribution in [3.8, 4) is 0 Å². The number of likely N-dealkylation sites (tertiary alicyclic amines) is 1. The molecule has 29 heavy (non-hydrogen) atoms. The summed E-state index contributed by atoms with van der Waals surface area (Å²) in [5.41, 5.74) is 2.28. The molecule has 1 aliphatic heterocycles. The molecule has 8 nitrogen and oxygen atoms in total. The fraction of sp³-hybridized carbons (Fsp3) is 0.500. The Bertz CT molecular complexity index is 836. The molecule has 1 fully saturated rings. The lowest BCUT2D eigenvalue weighted by Crippen LogP contribution is -2.39. The molecule has 2 heterocycles. The molecule has 2 aromatic rings. The minimum Gasteiger partial charge on any atom is -0.357 e.